The van der Waals surface area contributed by atoms with E-state index >= 15 is 0 Å². The Hall–Kier alpha value is -0.220. The van der Waals surface area contributed by atoms with Crippen molar-refractivity contribution < 1.29 is 15.0 Å². The number of rotatable bonds is 4. The molecule has 0 aromatic rings. The van der Waals surface area contributed by atoms with E-state index in [0.717, 1.165) is 30.6 Å². The SMILES string of the molecule is CC(CC(C)(S)C(=O)O)C1CCC2C3CCC4CC(O)CCC4(C)C3CCC12C. The zero-order chi connectivity index (χ0) is 21.2. The Bertz CT molecular complexity index is 648. The maximum atomic E-state index is 11.6. The molecule has 0 radical (unpaired) electrons. The second kappa shape index (κ2) is 7.43. The van der Waals surface area contributed by atoms with Crippen molar-refractivity contribution in [2.45, 2.75) is 103 Å². The second-order valence-electron chi connectivity index (χ2n) is 12.1. The largest absolute Gasteiger partial charge is 0.480 e. The third kappa shape index (κ3) is 3.49. The number of hydrogen-bond acceptors (Lipinski definition) is 3. The average molecular weight is 423 g/mol. The number of aliphatic hydroxyl groups excluding tert-OH is 1. The molecule has 0 aromatic heterocycles. The topological polar surface area (TPSA) is 57.5 Å². The Labute approximate surface area is 182 Å². The molecule has 4 fully saturated rings. The Kier molecular flexibility index (Phi) is 5.63. The van der Waals surface area contributed by atoms with Crippen LogP contribution in [0.2, 0.25) is 0 Å². The first-order chi connectivity index (χ1) is 13.5. The van der Waals surface area contributed by atoms with Crippen LogP contribution in [0.1, 0.15) is 91.9 Å². The van der Waals surface area contributed by atoms with Crippen LogP contribution in [0.15, 0.2) is 0 Å². The number of aliphatic carboxylic acids is 1. The molecule has 4 aliphatic rings. The fourth-order valence-corrected chi connectivity index (χ4v) is 9.36. The number of carboxylic acids is 1. The highest BCUT2D eigenvalue weighted by Gasteiger charge is 2.60. The lowest BCUT2D eigenvalue weighted by molar-refractivity contribution is -0.140. The van der Waals surface area contributed by atoms with Gasteiger partial charge in [-0.05, 0) is 117 Å². The number of thiol groups is 1. The standard InChI is InChI=1S/C25H42O3S/c1-15(14-25(4,29)22(27)28)19-7-8-20-18-6-5-16-13-17(26)9-11-23(16,2)21(18)10-12-24(19,20)3/h15-21,26,29H,5-14H2,1-4H3,(H,27,28). The van der Waals surface area contributed by atoms with Crippen LogP contribution in [0.4, 0.5) is 0 Å². The number of hydrogen-bond donors (Lipinski definition) is 3. The minimum Gasteiger partial charge on any atom is -0.480 e. The molecule has 4 aliphatic carbocycles. The van der Waals surface area contributed by atoms with Gasteiger partial charge in [-0.3, -0.25) is 4.79 Å². The first-order valence-corrected chi connectivity index (χ1v) is 12.6. The summed E-state index contributed by atoms with van der Waals surface area (Å²) in [5.41, 5.74) is 0.792. The van der Waals surface area contributed by atoms with Crippen LogP contribution in [-0.2, 0) is 4.79 Å². The molecule has 10 atom stereocenters. The highest BCUT2D eigenvalue weighted by Crippen LogP contribution is 2.68. The van der Waals surface area contributed by atoms with E-state index in [0.29, 0.717) is 35.0 Å². The fourth-order valence-electron chi connectivity index (χ4n) is 9.07. The van der Waals surface area contributed by atoms with Gasteiger partial charge in [0.1, 0.15) is 4.75 Å². The molecule has 0 aromatic carbocycles. The molecule has 29 heavy (non-hydrogen) atoms. The molecule has 0 heterocycles. The lowest BCUT2D eigenvalue weighted by Crippen LogP contribution is -2.54. The van der Waals surface area contributed by atoms with E-state index in [1.165, 1.54) is 44.9 Å². The summed E-state index contributed by atoms with van der Waals surface area (Å²) in [6.07, 6.45) is 11.7. The lowest BCUT2D eigenvalue weighted by atomic mass is 9.44. The van der Waals surface area contributed by atoms with Gasteiger partial charge in [0.15, 0.2) is 0 Å². The summed E-state index contributed by atoms with van der Waals surface area (Å²) in [6.45, 7) is 9.14. The molecule has 0 bridgehead atoms. The molecule has 4 rings (SSSR count). The summed E-state index contributed by atoms with van der Waals surface area (Å²) < 4.78 is -0.931. The molecule has 0 amide bonds. The van der Waals surface area contributed by atoms with Crippen LogP contribution in [0, 0.1) is 46.3 Å². The highest BCUT2D eigenvalue weighted by atomic mass is 32.1. The van der Waals surface area contributed by atoms with Crippen molar-refractivity contribution in [2.24, 2.45) is 46.3 Å². The summed E-state index contributed by atoms with van der Waals surface area (Å²) in [5.74, 6) is 3.42. The van der Waals surface area contributed by atoms with Crippen LogP contribution in [-0.4, -0.2) is 27.0 Å². The monoisotopic (exact) mass is 422 g/mol. The molecule has 4 saturated carbocycles. The molecule has 2 N–H and O–H groups in total. The third-order valence-electron chi connectivity index (χ3n) is 10.6. The van der Waals surface area contributed by atoms with Gasteiger partial charge in [-0.25, -0.2) is 0 Å². The molecular formula is C25H42O3S. The van der Waals surface area contributed by atoms with Gasteiger partial charge in [0.05, 0.1) is 6.10 Å². The van der Waals surface area contributed by atoms with Gasteiger partial charge in [-0.2, -0.15) is 12.6 Å². The molecule has 0 spiro atoms. The first kappa shape index (κ1) is 22.0. The summed E-state index contributed by atoms with van der Waals surface area (Å²) in [4.78, 5) is 11.6. The minimum absolute atomic E-state index is 0.0695. The van der Waals surface area contributed by atoms with E-state index in [2.05, 4.69) is 33.4 Å². The van der Waals surface area contributed by atoms with Crippen molar-refractivity contribution >= 4 is 18.6 Å². The molecule has 10 unspecified atom stereocenters. The van der Waals surface area contributed by atoms with Crippen LogP contribution in [0.5, 0.6) is 0 Å². The van der Waals surface area contributed by atoms with Crippen LogP contribution in [0.3, 0.4) is 0 Å². The van der Waals surface area contributed by atoms with Crippen LogP contribution < -0.4 is 0 Å². The van der Waals surface area contributed by atoms with Gasteiger partial charge in [0.2, 0.25) is 0 Å². The number of fused-ring (bicyclic) bond motifs is 5. The predicted octanol–water partition coefficient (Wildman–Crippen LogP) is 5.81. The van der Waals surface area contributed by atoms with E-state index < -0.39 is 10.7 Å². The van der Waals surface area contributed by atoms with E-state index in [-0.39, 0.29) is 6.10 Å². The smallest absolute Gasteiger partial charge is 0.319 e. The maximum absolute atomic E-state index is 11.6. The van der Waals surface area contributed by atoms with Crippen molar-refractivity contribution in [1.82, 2.24) is 0 Å². The Morgan fingerprint density at radius 2 is 1.72 bits per heavy atom. The minimum atomic E-state index is -0.931. The lowest BCUT2D eigenvalue weighted by Gasteiger charge is -2.61. The predicted molar refractivity (Wildman–Crippen MR) is 120 cm³/mol. The third-order valence-corrected chi connectivity index (χ3v) is 11.0. The quantitative estimate of drug-likeness (QED) is 0.501. The number of carboxylic acid groups (broad SMARTS) is 1. The van der Waals surface area contributed by atoms with Gasteiger partial charge in [-0.1, -0.05) is 20.8 Å². The van der Waals surface area contributed by atoms with E-state index in [9.17, 15) is 15.0 Å². The van der Waals surface area contributed by atoms with Crippen LogP contribution >= 0.6 is 12.6 Å². The molecule has 0 saturated heterocycles. The normalized spacial score (nSPS) is 50.0. The van der Waals surface area contributed by atoms with Gasteiger partial charge in [0, 0.05) is 0 Å². The van der Waals surface area contributed by atoms with E-state index in [1.54, 1.807) is 6.92 Å². The number of aliphatic hydroxyl groups is 1. The maximum Gasteiger partial charge on any atom is 0.319 e. The summed E-state index contributed by atoms with van der Waals surface area (Å²) in [7, 11) is 0. The molecular weight excluding hydrogens is 380 g/mol. The van der Waals surface area contributed by atoms with E-state index in [4.69, 9.17) is 0 Å². The summed E-state index contributed by atoms with van der Waals surface area (Å²) >= 11 is 4.48. The first-order valence-electron chi connectivity index (χ1n) is 12.1. The summed E-state index contributed by atoms with van der Waals surface area (Å²) in [5, 5.41) is 19.8. The van der Waals surface area contributed by atoms with Gasteiger partial charge in [0.25, 0.3) is 0 Å². The molecule has 3 nitrogen and oxygen atoms in total. The Morgan fingerprint density at radius 1 is 1.07 bits per heavy atom. The van der Waals surface area contributed by atoms with Gasteiger partial charge in [-0.15, -0.1) is 0 Å². The zero-order valence-electron chi connectivity index (χ0n) is 18.9. The fraction of sp³-hybridized carbons (Fsp3) is 0.960. The Morgan fingerprint density at radius 3 is 2.41 bits per heavy atom. The van der Waals surface area contributed by atoms with Gasteiger partial charge < -0.3 is 10.2 Å². The molecule has 4 heteroatoms. The Balaban J connectivity index is 1.52. The van der Waals surface area contributed by atoms with Crippen molar-refractivity contribution in [2.75, 3.05) is 0 Å². The second-order valence-corrected chi connectivity index (χ2v) is 13.1. The highest BCUT2D eigenvalue weighted by molar-refractivity contribution is 7.82. The van der Waals surface area contributed by atoms with Crippen molar-refractivity contribution in [1.29, 1.82) is 0 Å². The number of carbonyl (C=O) groups is 1. The van der Waals surface area contributed by atoms with Crippen molar-refractivity contribution in [3.05, 3.63) is 0 Å². The average Bonchev–Trinajstić information content (AvgIpc) is 2.99. The molecule has 166 valence electrons. The zero-order valence-corrected chi connectivity index (χ0v) is 19.8. The van der Waals surface area contributed by atoms with Crippen molar-refractivity contribution in [3.8, 4) is 0 Å². The molecule has 0 aliphatic heterocycles. The summed E-state index contributed by atoms with van der Waals surface area (Å²) in [6, 6.07) is 0. The van der Waals surface area contributed by atoms with Crippen LogP contribution in [0.25, 0.3) is 0 Å². The van der Waals surface area contributed by atoms with Crippen molar-refractivity contribution in [3.63, 3.8) is 0 Å². The van der Waals surface area contributed by atoms with E-state index in [1.807, 2.05) is 0 Å². The van der Waals surface area contributed by atoms with Gasteiger partial charge >= 0.3 is 5.97 Å².